The molecule has 0 aliphatic rings. The lowest BCUT2D eigenvalue weighted by molar-refractivity contribution is 0.0696. The van der Waals surface area contributed by atoms with Crippen molar-refractivity contribution in [3.63, 3.8) is 0 Å². The third-order valence-corrected chi connectivity index (χ3v) is 2.16. The van der Waals surface area contributed by atoms with Crippen LogP contribution in [0.3, 0.4) is 0 Å². The molecule has 0 amide bonds. The lowest BCUT2D eigenvalue weighted by Gasteiger charge is -2.09. The van der Waals surface area contributed by atoms with Gasteiger partial charge in [-0.2, -0.15) is 5.10 Å². The van der Waals surface area contributed by atoms with Crippen molar-refractivity contribution in [1.82, 2.24) is 9.78 Å². The molecule has 1 atom stereocenters. The smallest absolute Gasteiger partial charge is 0.338 e. The van der Waals surface area contributed by atoms with Crippen LogP contribution in [-0.2, 0) is 6.54 Å². The standard InChI is InChI=1S/C10H16N2O2/c1-3-4-8(2)6-12-7-9(5-11-12)10(13)14/h5,7-8H,3-4,6H2,1-2H3,(H,13,14). The number of hydrogen-bond acceptors (Lipinski definition) is 2. The van der Waals surface area contributed by atoms with Crippen LogP contribution >= 0.6 is 0 Å². The molecule has 0 aromatic carbocycles. The summed E-state index contributed by atoms with van der Waals surface area (Å²) in [5, 5.41) is 12.7. The van der Waals surface area contributed by atoms with Crippen molar-refractivity contribution in [3.05, 3.63) is 18.0 Å². The Morgan fingerprint density at radius 1 is 1.71 bits per heavy atom. The van der Waals surface area contributed by atoms with Gasteiger partial charge in [0.1, 0.15) is 0 Å². The summed E-state index contributed by atoms with van der Waals surface area (Å²) in [7, 11) is 0. The molecule has 1 unspecified atom stereocenters. The van der Waals surface area contributed by atoms with Gasteiger partial charge in [-0.05, 0) is 12.3 Å². The number of rotatable bonds is 5. The maximum Gasteiger partial charge on any atom is 0.338 e. The average molecular weight is 196 g/mol. The molecule has 4 heteroatoms. The molecule has 0 saturated heterocycles. The van der Waals surface area contributed by atoms with Crippen LogP contribution in [0, 0.1) is 5.92 Å². The fraction of sp³-hybridized carbons (Fsp3) is 0.600. The zero-order chi connectivity index (χ0) is 10.6. The van der Waals surface area contributed by atoms with Crippen LogP contribution in [0.4, 0.5) is 0 Å². The summed E-state index contributed by atoms with van der Waals surface area (Å²) in [6.07, 6.45) is 5.26. The fourth-order valence-electron chi connectivity index (χ4n) is 1.48. The van der Waals surface area contributed by atoms with Crippen molar-refractivity contribution in [2.45, 2.75) is 33.2 Å². The number of aromatic carboxylic acids is 1. The van der Waals surface area contributed by atoms with Crippen molar-refractivity contribution < 1.29 is 9.90 Å². The van der Waals surface area contributed by atoms with Crippen molar-refractivity contribution in [2.75, 3.05) is 0 Å². The number of hydrogen-bond donors (Lipinski definition) is 1. The van der Waals surface area contributed by atoms with Gasteiger partial charge in [0, 0.05) is 12.7 Å². The van der Waals surface area contributed by atoms with E-state index in [0.29, 0.717) is 5.92 Å². The van der Waals surface area contributed by atoms with Gasteiger partial charge < -0.3 is 5.11 Å². The number of nitrogens with zero attached hydrogens (tertiary/aromatic N) is 2. The summed E-state index contributed by atoms with van der Waals surface area (Å²) < 4.78 is 1.70. The second-order valence-electron chi connectivity index (χ2n) is 3.65. The number of aromatic nitrogens is 2. The highest BCUT2D eigenvalue weighted by molar-refractivity contribution is 5.86. The molecular formula is C10H16N2O2. The second kappa shape index (κ2) is 4.79. The van der Waals surface area contributed by atoms with E-state index < -0.39 is 5.97 Å². The van der Waals surface area contributed by atoms with Gasteiger partial charge in [-0.15, -0.1) is 0 Å². The zero-order valence-electron chi connectivity index (χ0n) is 8.60. The van der Waals surface area contributed by atoms with E-state index in [4.69, 9.17) is 5.11 Å². The molecule has 0 fully saturated rings. The number of carbonyl (C=O) groups is 1. The Bertz CT molecular complexity index is 307. The van der Waals surface area contributed by atoms with E-state index in [1.54, 1.807) is 10.9 Å². The van der Waals surface area contributed by atoms with Gasteiger partial charge in [0.25, 0.3) is 0 Å². The summed E-state index contributed by atoms with van der Waals surface area (Å²) >= 11 is 0. The van der Waals surface area contributed by atoms with Gasteiger partial charge in [-0.1, -0.05) is 20.3 Å². The Labute approximate surface area is 83.5 Å². The summed E-state index contributed by atoms with van der Waals surface area (Å²) in [6.45, 7) is 5.08. The van der Waals surface area contributed by atoms with Gasteiger partial charge in [-0.25, -0.2) is 4.79 Å². The van der Waals surface area contributed by atoms with Crippen LogP contribution in [0.1, 0.15) is 37.0 Å². The SMILES string of the molecule is CCCC(C)Cn1cc(C(=O)O)cn1. The van der Waals surface area contributed by atoms with E-state index in [2.05, 4.69) is 18.9 Å². The van der Waals surface area contributed by atoms with Gasteiger partial charge in [0.15, 0.2) is 0 Å². The first-order valence-corrected chi connectivity index (χ1v) is 4.89. The molecule has 1 N–H and O–H groups in total. The molecule has 78 valence electrons. The lowest BCUT2D eigenvalue weighted by Crippen LogP contribution is -2.07. The summed E-state index contributed by atoms with van der Waals surface area (Å²) in [6, 6.07) is 0. The zero-order valence-corrected chi connectivity index (χ0v) is 8.60. The van der Waals surface area contributed by atoms with E-state index in [0.717, 1.165) is 19.4 Å². The van der Waals surface area contributed by atoms with Crippen LogP contribution in [0.5, 0.6) is 0 Å². The fourth-order valence-corrected chi connectivity index (χ4v) is 1.48. The second-order valence-corrected chi connectivity index (χ2v) is 3.65. The van der Waals surface area contributed by atoms with Crippen LogP contribution in [0.15, 0.2) is 12.4 Å². The van der Waals surface area contributed by atoms with E-state index in [9.17, 15) is 4.79 Å². The maximum absolute atomic E-state index is 10.6. The Balaban J connectivity index is 2.55. The monoisotopic (exact) mass is 196 g/mol. The minimum absolute atomic E-state index is 0.258. The molecule has 0 spiro atoms. The molecule has 1 aromatic heterocycles. The summed E-state index contributed by atoms with van der Waals surface area (Å²) in [4.78, 5) is 10.6. The predicted octanol–water partition coefficient (Wildman–Crippen LogP) is 2.02. The quantitative estimate of drug-likeness (QED) is 0.783. The lowest BCUT2D eigenvalue weighted by atomic mass is 10.1. The molecule has 1 rings (SSSR count). The number of carboxylic acid groups (broad SMARTS) is 1. The predicted molar refractivity (Wildman–Crippen MR) is 53.3 cm³/mol. The van der Waals surface area contributed by atoms with Gasteiger partial charge in [0.2, 0.25) is 0 Å². The molecule has 0 saturated carbocycles. The minimum Gasteiger partial charge on any atom is -0.478 e. The first-order valence-electron chi connectivity index (χ1n) is 4.89. The van der Waals surface area contributed by atoms with Crippen LogP contribution in [0.25, 0.3) is 0 Å². The molecule has 4 nitrogen and oxygen atoms in total. The highest BCUT2D eigenvalue weighted by atomic mass is 16.4. The van der Waals surface area contributed by atoms with E-state index in [1.807, 2.05) is 0 Å². The summed E-state index contributed by atoms with van der Waals surface area (Å²) in [5.41, 5.74) is 0.258. The Hall–Kier alpha value is -1.32. The molecule has 0 bridgehead atoms. The third-order valence-electron chi connectivity index (χ3n) is 2.16. The van der Waals surface area contributed by atoms with Crippen molar-refractivity contribution >= 4 is 5.97 Å². The average Bonchev–Trinajstić information content (AvgIpc) is 2.53. The molecule has 1 heterocycles. The van der Waals surface area contributed by atoms with Crippen molar-refractivity contribution in [2.24, 2.45) is 5.92 Å². The topological polar surface area (TPSA) is 55.1 Å². The minimum atomic E-state index is -0.917. The van der Waals surface area contributed by atoms with Crippen LogP contribution < -0.4 is 0 Å². The van der Waals surface area contributed by atoms with E-state index >= 15 is 0 Å². The van der Waals surface area contributed by atoms with Crippen molar-refractivity contribution in [3.8, 4) is 0 Å². The van der Waals surface area contributed by atoms with Crippen molar-refractivity contribution in [1.29, 1.82) is 0 Å². The van der Waals surface area contributed by atoms with E-state index in [1.165, 1.54) is 6.20 Å². The molecule has 14 heavy (non-hydrogen) atoms. The normalized spacial score (nSPS) is 12.7. The highest BCUT2D eigenvalue weighted by Gasteiger charge is 2.07. The molecule has 0 aliphatic heterocycles. The van der Waals surface area contributed by atoms with Crippen LogP contribution in [-0.4, -0.2) is 20.9 Å². The first kappa shape index (κ1) is 10.8. The molecule has 0 aliphatic carbocycles. The first-order chi connectivity index (χ1) is 6.63. The van der Waals surface area contributed by atoms with Gasteiger partial charge in [0.05, 0.1) is 11.8 Å². The Kier molecular flexibility index (Phi) is 3.68. The molecule has 1 aromatic rings. The van der Waals surface area contributed by atoms with Gasteiger partial charge in [-0.3, -0.25) is 4.68 Å². The molecular weight excluding hydrogens is 180 g/mol. The van der Waals surface area contributed by atoms with Crippen LogP contribution in [0.2, 0.25) is 0 Å². The molecule has 0 radical (unpaired) electrons. The number of carboxylic acids is 1. The Morgan fingerprint density at radius 2 is 2.43 bits per heavy atom. The Morgan fingerprint density at radius 3 is 2.93 bits per heavy atom. The van der Waals surface area contributed by atoms with Gasteiger partial charge >= 0.3 is 5.97 Å². The largest absolute Gasteiger partial charge is 0.478 e. The highest BCUT2D eigenvalue weighted by Crippen LogP contribution is 2.08. The summed E-state index contributed by atoms with van der Waals surface area (Å²) in [5.74, 6) is -0.374. The third kappa shape index (κ3) is 2.87. The van der Waals surface area contributed by atoms with E-state index in [-0.39, 0.29) is 5.56 Å². The maximum atomic E-state index is 10.6.